The summed E-state index contributed by atoms with van der Waals surface area (Å²) in [5.74, 6) is 0. The molecule has 1 aliphatic rings. The van der Waals surface area contributed by atoms with E-state index in [1.165, 1.54) is 0 Å². The van der Waals surface area contributed by atoms with Crippen LogP contribution in [0.3, 0.4) is 0 Å². The molecule has 0 radical (unpaired) electrons. The number of nitrogens with zero attached hydrogens (tertiary/aromatic N) is 3. The second kappa shape index (κ2) is 4.70. The first-order valence-corrected chi connectivity index (χ1v) is 6.24. The lowest BCUT2D eigenvalue weighted by Crippen LogP contribution is -2.68. The standard InChI is InChI=1S/C12H27N3O3/c1-10(2,16)13-7-14(11(3,4)17)9-15(8-13)12(5,6)18/h16-18H,7-9H2,1-6H3. The lowest BCUT2D eigenvalue weighted by molar-refractivity contribution is -0.247. The third kappa shape index (κ3) is 3.88. The molecule has 1 fully saturated rings. The lowest BCUT2D eigenvalue weighted by Gasteiger charge is -2.52. The molecule has 0 aromatic heterocycles. The molecule has 0 unspecified atom stereocenters. The zero-order valence-electron chi connectivity index (χ0n) is 12.3. The second-order valence-electron chi connectivity index (χ2n) is 6.53. The van der Waals surface area contributed by atoms with Crippen molar-refractivity contribution in [3.63, 3.8) is 0 Å². The fourth-order valence-electron chi connectivity index (χ4n) is 1.79. The summed E-state index contributed by atoms with van der Waals surface area (Å²) < 4.78 is 0. The van der Waals surface area contributed by atoms with E-state index >= 15 is 0 Å². The van der Waals surface area contributed by atoms with Gasteiger partial charge in [-0.25, -0.2) is 14.7 Å². The largest absolute Gasteiger partial charge is 0.376 e. The molecule has 108 valence electrons. The van der Waals surface area contributed by atoms with Crippen molar-refractivity contribution in [1.82, 2.24) is 14.7 Å². The van der Waals surface area contributed by atoms with Crippen LogP contribution in [-0.4, -0.2) is 67.2 Å². The summed E-state index contributed by atoms with van der Waals surface area (Å²) in [6, 6.07) is 0. The van der Waals surface area contributed by atoms with E-state index in [4.69, 9.17) is 0 Å². The number of hydrogen-bond acceptors (Lipinski definition) is 6. The van der Waals surface area contributed by atoms with Crippen molar-refractivity contribution in [3.05, 3.63) is 0 Å². The Labute approximate surface area is 109 Å². The van der Waals surface area contributed by atoms with Crippen LogP contribution in [0.5, 0.6) is 0 Å². The van der Waals surface area contributed by atoms with Crippen LogP contribution in [0.1, 0.15) is 41.5 Å². The van der Waals surface area contributed by atoms with Gasteiger partial charge in [-0.1, -0.05) is 0 Å². The normalized spacial score (nSPS) is 22.5. The first-order valence-electron chi connectivity index (χ1n) is 6.24. The van der Waals surface area contributed by atoms with E-state index in [0.29, 0.717) is 20.0 Å². The molecule has 1 aliphatic heterocycles. The van der Waals surface area contributed by atoms with Gasteiger partial charge in [0, 0.05) is 0 Å². The predicted octanol–water partition coefficient (Wildman–Crippen LogP) is -0.0363. The Morgan fingerprint density at radius 1 is 0.556 bits per heavy atom. The Hall–Kier alpha value is -0.240. The van der Waals surface area contributed by atoms with E-state index in [2.05, 4.69) is 0 Å². The minimum Gasteiger partial charge on any atom is -0.376 e. The van der Waals surface area contributed by atoms with Gasteiger partial charge < -0.3 is 15.3 Å². The number of rotatable bonds is 3. The average Bonchev–Trinajstić information content (AvgIpc) is 2.13. The number of aliphatic hydroxyl groups is 3. The van der Waals surface area contributed by atoms with Crippen LogP contribution in [0.25, 0.3) is 0 Å². The SMILES string of the molecule is CC(C)(O)N1CN(C(C)(C)O)CN(C(C)(C)O)C1. The molecule has 0 aromatic carbocycles. The monoisotopic (exact) mass is 261 g/mol. The Kier molecular flexibility index (Phi) is 4.13. The van der Waals surface area contributed by atoms with E-state index in [9.17, 15) is 15.3 Å². The van der Waals surface area contributed by atoms with Crippen molar-refractivity contribution in [2.45, 2.75) is 58.7 Å². The lowest BCUT2D eigenvalue weighted by atomic mass is 10.2. The highest BCUT2D eigenvalue weighted by Gasteiger charge is 2.40. The fraction of sp³-hybridized carbons (Fsp3) is 1.00. The predicted molar refractivity (Wildman–Crippen MR) is 69.0 cm³/mol. The molecule has 0 spiro atoms. The van der Waals surface area contributed by atoms with Gasteiger partial charge in [0.25, 0.3) is 0 Å². The second-order valence-corrected chi connectivity index (χ2v) is 6.53. The molecular weight excluding hydrogens is 234 g/mol. The van der Waals surface area contributed by atoms with E-state index in [-0.39, 0.29) is 0 Å². The van der Waals surface area contributed by atoms with E-state index < -0.39 is 17.2 Å². The van der Waals surface area contributed by atoms with Gasteiger partial charge in [0.2, 0.25) is 0 Å². The molecule has 0 amide bonds. The maximum absolute atomic E-state index is 10.1. The molecule has 6 heteroatoms. The molecule has 0 saturated carbocycles. The Morgan fingerprint density at radius 2 is 0.722 bits per heavy atom. The Morgan fingerprint density at radius 3 is 0.833 bits per heavy atom. The van der Waals surface area contributed by atoms with Gasteiger partial charge in [0.05, 0.1) is 20.0 Å². The van der Waals surface area contributed by atoms with Gasteiger partial charge in [0.1, 0.15) is 17.2 Å². The van der Waals surface area contributed by atoms with Gasteiger partial charge in [0.15, 0.2) is 0 Å². The molecule has 0 aliphatic carbocycles. The molecule has 3 N–H and O–H groups in total. The average molecular weight is 261 g/mol. The third-order valence-electron chi connectivity index (χ3n) is 3.35. The maximum Gasteiger partial charge on any atom is 0.114 e. The molecule has 0 bridgehead atoms. The van der Waals surface area contributed by atoms with E-state index in [1.807, 2.05) is 0 Å². The molecule has 18 heavy (non-hydrogen) atoms. The zero-order chi connectivity index (χ0) is 14.4. The quantitative estimate of drug-likeness (QED) is 0.662. The Bertz CT molecular complexity index is 235. The molecular formula is C12H27N3O3. The van der Waals surface area contributed by atoms with Crippen LogP contribution >= 0.6 is 0 Å². The fourth-order valence-corrected chi connectivity index (χ4v) is 1.79. The molecule has 1 saturated heterocycles. The third-order valence-corrected chi connectivity index (χ3v) is 3.35. The van der Waals surface area contributed by atoms with Crippen LogP contribution in [0.4, 0.5) is 0 Å². The van der Waals surface area contributed by atoms with Gasteiger partial charge >= 0.3 is 0 Å². The summed E-state index contributed by atoms with van der Waals surface area (Å²) in [6.07, 6.45) is 0. The van der Waals surface area contributed by atoms with Crippen LogP contribution in [-0.2, 0) is 0 Å². The summed E-state index contributed by atoms with van der Waals surface area (Å²) in [7, 11) is 0. The van der Waals surface area contributed by atoms with E-state index in [1.54, 1.807) is 56.2 Å². The summed E-state index contributed by atoms with van der Waals surface area (Å²) in [5, 5.41) is 30.4. The Balaban J connectivity index is 2.93. The van der Waals surface area contributed by atoms with Crippen LogP contribution in [0.15, 0.2) is 0 Å². The molecule has 6 nitrogen and oxygen atoms in total. The summed E-state index contributed by atoms with van der Waals surface area (Å²) in [5.41, 5.74) is -3.02. The smallest absolute Gasteiger partial charge is 0.114 e. The van der Waals surface area contributed by atoms with Crippen LogP contribution in [0.2, 0.25) is 0 Å². The molecule has 1 heterocycles. The van der Waals surface area contributed by atoms with Crippen molar-refractivity contribution >= 4 is 0 Å². The first-order chi connectivity index (χ1) is 7.82. The van der Waals surface area contributed by atoms with Gasteiger partial charge in [-0.2, -0.15) is 0 Å². The maximum atomic E-state index is 10.1. The topological polar surface area (TPSA) is 70.4 Å². The highest BCUT2D eigenvalue weighted by Crippen LogP contribution is 2.25. The zero-order valence-corrected chi connectivity index (χ0v) is 12.3. The minimum atomic E-state index is -1.01. The molecule has 0 aromatic rings. The van der Waals surface area contributed by atoms with Crippen molar-refractivity contribution in [2.24, 2.45) is 0 Å². The van der Waals surface area contributed by atoms with Crippen molar-refractivity contribution < 1.29 is 15.3 Å². The molecule has 0 atom stereocenters. The first kappa shape index (κ1) is 15.8. The van der Waals surface area contributed by atoms with Crippen molar-refractivity contribution in [1.29, 1.82) is 0 Å². The van der Waals surface area contributed by atoms with Crippen LogP contribution < -0.4 is 0 Å². The minimum absolute atomic E-state index is 0.444. The van der Waals surface area contributed by atoms with E-state index in [0.717, 1.165) is 0 Å². The van der Waals surface area contributed by atoms with Crippen molar-refractivity contribution in [3.8, 4) is 0 Å². The number of hydrogen-bond donors (Lipinski definition) is 3. The highest BCUT2D eigenvalue weighted by atomic mass is 16.3. The van der Waals surface area contributed by atoms with Crippen LogP contribution in [0, 0.1) is 0 Å². The summed E-state index contributed by atoms with van der Waals surface area (Å²) in [4.78, 5) is 5.39. The summed E-state index contributed by atoms with van der Waals surface area (Å²) >= 11 is 0. The van der Waals surface area contributed by atoms with Gasteiger partial charge in [-0.15, -0.1) is 0 Å². The molecule has 1 rings (SSSR count). The van der Waals surface area contributed by atoms with Gasteiger partial charge in [-0.05, 0) is 41.5 Å². The highest BCUT2D eigenvalue weighted by molar-refractivity contribution is 4.83. The van der Waals surface area contributed by atoms with Gasteiger partial charge in [-0.3, -0.25) is 0 Å². The summed E-state index contributed by atoms with van der Waals surface area (Å²) in [6.45, 7) is 11.5. The van der Waals surface area contributed by atoms with Crippen molar-refractivity contribution in [2.75, 3.05) is 20.0 Å².